The number of hydrogen-bond acceptors (Lipinski definition) is 3. The number of aryl methyl sites for hydroxylation is 2. The number of rotatable bonds is 4. The molecule has 0 radical (unpaired) electrons. The Kier molecular flexibility index (Phi) is 4.08. The number of nitrogens with zero attached hydrogens (tertiary/aromatic N) is 3. The van der Waals surface area contributed by atoms with Gasteiger partial charge in [0, 0.05) is 32.1 Å². The first-order chi connectivity index (χ1) is 9.38. The maximum absolute atomic E-state index is 12.4. The van der Waals surface area contributed by atoms with Crippen molar-refractivity contribution in [2.75, 3.05) is 0 Å². The van der Waals surface area contributed by atoms with Crippen LogP contribution in [0.5, 0.6) is 0 Å². The van der Waals surface area contributed by atoms with E-state index >= 15 is 0 Å². The molecular formula is C13H14F3N3O. The zero-order valence-corrected chi connectivity index (χ0v) is 10.8. The number of pyridine rings is 1. The molecule has 0 saturated carbocycles. The molecule has 1 atom stereocenters. The van der Waals surface area contributed by atoms with Gasteiger partial charge in [0.15, 0.2) is 0 Å². The minimum atomic E-state index is -4.41. The molecule has 2 heterocycles. The number of aromatic nitrogens is 3. The first-order valence-electron chi connectivity index (χ1n) is 6.05. The zero-order valence-electron chi connectivity index (χ0n) is 10.8. The summed E-state index contributed by atoms with van der Waals surface area (Å²) in [4.78, 5) is 7.78. The molecule has 0 aliphatic heterocycles. The summed E-state index contributed by atoms with van der Waals surface area (Å²) < 4.78 is 39.0. The standard InChI is InChI=1S/C13H14F3N3O/c1-19-7-6-17-12(19)5-4-11(20)10-3-2-9(8-18-10)13(14,15)16/h2-3,6-8,11,20H,4-5H2,1H3. The fraction of sp³-hybridized carbons (Fsp3) is 0.385. The summed E-state index contributed by atoms with van der Waals surface area (Å²) in [5.74, 6) is 0.802. The zero-order chi connectivity index (χ0) is 14.8. The summed E-state index contributed by atoms with van der Waals surface area (Å²) in [6.45, 7) is 0. The van der Waals surface area contributed by atoms with Crippen LogP contribution in [0.1, 0.15) is 29.6 Å². The Bertz CT molecular complexity index is 563. The Balaban J connectivity index is 1.99. The minimum absolute atomic E-state index is 0.229. The van der Waals surface area contributed by atoms with Crippen molar-refractivity contribution in [2.45, 2.75) is 25.1 Å². The Labute approximate surface area is 113 Å². The van der Waals surface area contributed by atoms with Crippen LogP contribution >= 0.6 is 0 Å². The molecule has 2 aromatic heterocycles. The quantitative estimate of drug-likeness (QED) is 0.939. The first kappa shape index (κ1) is 14.5. The smallest absolute Gasteiger partial charge is 0.387 e. The summed E-state index contributed by atoms with van der Waals surface area (Å²) in [6.07, 6.45) is -0.274. The van der Waals surface area contributed by atoms with E-state index in [4.69, 9.17) is 0 Å². The lowest BCUT2D eigenvalue weighted by atomic mass is 10.1. The SMILES string of the molecule is Cn1ccnc1CCC(O)c1ccc(C(F)(F)F)cn1. The molecule has 108 valence electrons. The van der Waals surface area contributed by atoms with Crippen molar-refractivity contribution in [2.24, 2.45) is 7.05 Å². The molecule has 0 bridgehead atoms. The number of halogens is 3. The number of aliphatic hydroxyl groups is 1. The van der Waals surface area contributed by atoms with E-state index < -0.39 is 17.8 Å². The molecule has 1 N–H and O–H groups in total. The fourth-order valence-corrected chi connectivity index (χ4v) is 1.82. The van der Waals surface area contributed by atoms with Crippen LogP contribution in [0, 0.1) is 0 Å². The topological polar surface area (TPSA) is 50.9 Å². The van der Waals surface area contributed by atoms with Crippen LogP contribution < -0.4 is 0 Å². The highest BCUT2D eigenvalue weighted by Gasteiger charge is 2.30. The van der Waals surface area contributed by atoms with Crippen molar-refractivity contribution < 1.29 is 18.3 Å². The van der Waals surface area contributed by atoms with E-state index in [-0.39, 0.29) is 5.69 Å². The van der Waals surface area contributed by atoms with Crippen LogP contribution in [0.3, 0.4) is 0 Å². The molecule has 0 aromatic carbocycles. The third-order valence-electron chi connectivity index (χ3n) is 3.02. The van der Waals surface area contributed by atoms with Crippen LogP contribution in [-0.2, 0) is 19.6 Å². The summed E-state index contributed by atoms with van der Waals surface area (Å²) in [5, 5.41) is 9.92. The highest BCUT2D eigenvalue weighted by molar-refractivity contribution is 5.18. The number of imidazole rings is 1. The largest absolute Gasteiger partial charge is 0.417 e. The monoisotopic (exact) mass is 285 g/mol. The predicted octanol–water partition coefficient (Wildman–Crippen LogP) is 2.50. The van der Waals surface area contributed by atoms with Gasteiger partial charge in [0.25, 0.3) is 0 Å². The van der Waals surface area contributed by atoms with Gasteiger partial charge in [-0.25, -0.2) is 4.98 Å². The number of alkyl halides is 3. The lowest BCUT2D eigenvalue weighted by Gasteiger charge is -2.11. The molecule has 0 aliphatic rings. The summed E-state index contributed by atoms with van der Waals surface area (Å²) >= 11 is 0. The molecule has 1 unspecified atom stereocenters. The van der Waals surface area contributed by atoms with Crippen molar-refractivity contribution in [1.82, 2.24) is 14.5 Å². The van der Waals surface area contributed by atoms with E-state index in [1.54, 1.807) is 12.4 Å². The van der Waals surface area contributed by atoms with Gasteiger partial charge in [-0.2, -0.15) is 13.2 Å². The first-order valence-corrected chi connectivity index (χ1v) is 6.05. The Hall–Kier alpha value is -1.89. The molecule has 20 heavy (non-hydrogen) atoms. The van der Waals surface area contributed by atoms with Crippen LogP contribution in [0.4, 0.5) is 13.2 Å². The van der Waals surface area contributed by atoms with Gasteiger partial charge in [-0.1, -0.05) is 0 Å². The van der Waals surface area contributed by atoms with E-state index in [2.05, 4.69) is 9.97 Å². The maximum Gasteiger partial charge on any atom is 0.417 e. The van der Waals surface area contributed by atoms with E-state index in [1.165, 1.54) is 6.07 Å². The number of aliphatic hydroxyl groups excluding tert-OH is 1. The van der Waals surface area contributed by atoms with Crippen molar-refractivity contribution in [3.05, 3.63) is 47.8 Å². The van der Waals surface area contributed by atoms with E-state index in [9.17, 15) is 18.3 Å². The van der Waals surface area contributed by atoms with Gasteiger partial charge >= 0.3 is 6.18 Å². The predicted molar refractivity (Wildman–Crippen MR) is 65.7 cm³/mol. The van der Waals surface area contributed by atoms with Gasteiger partial charge < -0.3 is 9.67 Å². The van der Waals surface area contributed by atoms with E-state index in [1.807, 2.05) is 11.6 Å². The fourth-order valence-electron chi connectivity index (χ4n) is 1.82. The third-order valence-corrected chi connectivity index (χ3v) is 3.02. The average Bonchev–Trinajstić information content (AvgIpc) is 2.81. The molecular weight excluding hydrogens is 271 g/mol. The molecule has 7 heteroatoms. The third kappa shape index (κ3) is 3.36. The van der Waals surface area contributed by atoms with Gasteiger partial charge in [0.05, 0.1) is 17.4 Å². The summed E-state index contributed by atoms with van der Waals surface area (Å²) in [7, 11) is 1.84. The van der Waals surface area contributed by atoms with Crippen molar-refractivity contribution in [3.8, 4) is 0 Å². The van der Waals surface area contributed by atoms with Gasteiger partial charge in [-0.15, -0.1) is 0 Å². The minimum Gasteiger partial charge on any atom is -0.387 e. The van der Waals surface area contributed by atoms with Crippen LogP contribution in [0.15, 0.2) is 30.7 Å². The van der Waals surface area contributed by atoms with Gasteiger partial charge in [0.2, 0.25) is 0 Å². The Morgan fingerprint density at radius 1 is 1.30 bits per heavy atom. The Morgan fingerprint density at radius 3 is 2.55 bits per heavy atom. The molecule has 0 spiro atoms. The van der Waals surface area contributed by atoms with Crippen molar-refractivity contribution in [3.63, 3.8) is 0 Å². The normalized spacial score (nSPS) is 13.4. The van der Waals surface area contributed by atoms with Crippen LogP contribution in [0.2, 0.25) is 0 Å². The second-order valence-electron chi connectivity index (χ2n) is 4.48. The van der Waals surface area contributed by atoms with E-state index in [0.29, 0.717) is 12.8 Å². The van der Waals surface area contributed by atoms with Gasteiger partial charge in [-0.3, -0.25) is 4.98 Å². The molecule has 2 rings (SSSR count). The maximum atomic E-state index is 12.4. The molecule has 2 aromatic rings. The number of hydrogen-bond donors (Lipinski definition) is 1. The highest BCUT2D eigenvalue weighted by atomic mass is 19.4. The summed E-state index contributed by atoms with van der Waals surface area (Å²) in [5.41, 5.74) is -0.593. The average molecular weight is 285 g/mol. The van der Waals surface area contributed by atoms with Gasteiger partial charge in [-0.05, 0) is 18.6 Å². The molecule has 0 fully saturated rings. The van der Waals surface area contributed by atoms with Gasteiger partial charge in [0.1, 0.15) is 5.82 Å². The molecule has 4 nitrogen and oxygen atoms in total. The molecule has 0 aliphatic carbocycles. The second-order valence-corrected chi connectivity index (χ2v) is 4.48. The second kappa shape index (κ2) is 5.62. The van der Waals surface area contributed by atoms with Crippen molar-refractivity contribution >= 4 is 0 Å². The summed E-state index contributed by atoms with van der Waals surface area (Å²) in [6, 6.07) is 2.12. The molecule has 0 amide bonds. The van der Waals surface area contributed by atoms with Crippen LogP contribution in [0.25, 0.3) is 0 Å². The van der Waals surface area contributed by atoms with Crippen molar-refractivity contribution in [1.29, 1.82) is 0 Å². The highest BCUT2D eigenvalue weighted by Crippen LogP contribution is 2.29. The lowest BCUT2D eigenvalue weighted by molar-refractivity contribution is -0.137. The Morgan fingerprint density at radius 2 is 2.05 bits per heavy atom. The lowest BCUT2D eigenvalue weighted by Crippen LogP contribution is -2.08. The van der Waals surface area contributed by atoms with E-state index in [0.717, 1.165) is 18.1 Å². The van der Waals surface area contributed by atoms with Crippen LogP contribution in [-0.4, -0.2) is 19.6 Å². The molecule has 0 saturated heterocycles.